The number of methoxy groups -OCH3 is 2. The van der Waals surface area contributed by atoms with Crippen LogP contribution >= 0.6 is 15.9 Å². The lowest BCUT2D eigenvalue weighted by Gasteiger charge is -2.14. The average molecular weight is 356 g/mol. The molecule has 1 aromatic heterocycles. The highest BCUT2D eigenvalue weighted by atomic mass is 79.9. The van der Waals surface area contributed by atoms with Crippen molar-refractivity contribution in [2.75, 3.05) is 14.2 Å². The number of hydrogen-bond donors (Lipinski definition) is 1. The van der Waals surface area contributed by atoms with Crippen molar-refractivity contribution in [2.24, 2.45) is 0 Å². The molecule has 0 aliphatic heterocycles. The Hall–Kier alpha value is -2.35. The quantitative estimate of drug-likeness (QED) is 0.822. The zero-order valence-corrected chi connectivity index (χ0v) is 12.6. The minimum absolute atomic E-state index is 0.173. The number of aldehydes is 1. The third kappa shape index (κ3) is 2.62. The fourth-order valence-corrected chi connectivity index (χ4v) is 2.47. The summed E-state index contributed by atoms with van der Waals surface area (Å²) in [5, 5.41) is 12.3. The molecule has 0 saturated carbocycles. The minimum atomic E-state index is -1.21. The van der Waals surface area contributed by atoms with Gasteiger partial charge in [0.05, 0.1) is 25.3 Å². The van der Waals surface area contributed by atoms with E-state index < -0.39 is 5.97 Å². The average Bonchev–Trinajstić information content (AvgIpc) is 2.95. The number of rotatable bonds is 5. The number of aromatic carboxylic acids is 1. The van der Waals surface area contributed by atoms with Crippen molar-refractivity contribution in [3.8, 4) is 22.8 Å². The number of hydrogen-bond acceptors (Lipinski definition) is 6. The number of carboxylic acids is 1. The van der Waals surface area contributed by atoms with E-state index in [1.165, 1.54) is 26.4 Å². The van der Waals surface area contributed by atoms with E-state index in [0.29, 0.717) is 16.3 Å². The molecular weight excluding hydrogens is 346 g/mol. The number of nitrogens with zero attached hydrogens (tertiary/aromatic N) is 1. The first-order chi connectivity index (χ1) is 10.0. The minimum Gasteiger partial charge on any atom is -0.492 e. The molecule has 7 nitrogen and oxygen atoms in total. The van der Waals surface area contributed by atoms with Crippen LogP contribution in [0.1, 0.15) is 20.8 Å². The SMILES string of the molecule is COc1c(C=O)cc(Br)c(-c2cc(C(=O)O)no2)c1OC. The maximum atomic E-state index is 11.1. The third-order valence-corrected chi connectivity index (χ3v) is 3.35. The largest absolute Gasteiger partial charge is 0.492 e. The van der Waals surface area contributed by atoms with Gasteiger partial charge in [0.1, 0.15) is 0 Å². The molecule has 0 fully saturated rings. The molecular formula is C13H10BrNO6. The summed E-state index contributed by atoms with van der Waals surface area (Å²) in [6.45, 7) is 0. The van der Waals surface area contributed by atoms with E-state index in [1.54, 1.807) is 0 Å². The highest BCUT2D eigenvalue weighted by Gasteiger charge is 2.24. The summed E-state index contributed by atoms with van der Waals surface area (Å²) in [6, 6.07) is 2.78. The van der Waals surface area contributed by atoms with Gasteiger partial charge in [-0.15, -0.1) is 0 Å². The molecule has 8 heteroatoms. The number of benzene rings is 1. The molecule has 1 aromatic carbocycles. The molecule has 0 aliphatic carbocycles. The predicted octanol–water partition coefficient (Wildman–Crippen LogP) is 2.63. The fourth-order valence-electron chi connectivity index (χ4n) is 1.84. The van der Waals surface area contributed by atoms with Gasteiger partial charge in [-0.05, 0) is 22.0 Å². The first-order valence-electron chi connectivity index (χ1n) is 5.63. The van der Waals surface area contributed by atoms with Crippen molar-refractivity contribution >= 4 is 28.2 Å². The lowest BCUT2D eigenvalue weighted by Crippen LogP contribution is -1.98. The maximum absolute atomic E-state index is 11.1. The molecule has 1 heterocycles. The summed E-state index contributed by atoms with van der Waals surface area (Å²) >= 11 is 3.30. The van der Waals surface area contributed by atoms with Crippen LogP contribution in [0.25, 0.3) is 11.3 Å². The van der Waals surface area contributed by atoms with Gasteiger partial charge in [-0.2, -0.15) is 0 Å². The molecule has 0 amide bonds. The summed E-state index contributed by atoms with van der Waals surface area (Å²) in [7, 11) is 2.79. The molecule has 0 unspecified atom stereocenters. The first kappa shape index (κ1) is 15.0. The summed E-state index contributed by atoms with van der Waals surface area (Å²) < 4.78 is 15.9. The molecule has 110 valence electrons. The van der Waals surface area contributed by atoms with Crippen molar-refractivity contribution < 1.29 is 28.7 Å². The summed E-state index contributed by atoms with van der Waals surface area (Å²) in [6.07, 6.45) is 0.624. The number of carbonyl (C=O) groups excluding carboxylic acids is 1. The molecule has 1 N–H and O–H groups in total. The highest BCUT2D eigenvalue weighted by Crippen LogP contribution is 2.45. The molecule has 0 aliphatic rings. The lowest BCUT2D eigenvalue weighted by atomic mass is 10.1. The van der Waals surface area contributed by atoms with Crippen molar-refractivity contribution in [3.05, 3.63) is 27.9 Å². The van der Waals surface area contributed by atoms with Crippen LogP contribution in [0.3, 0.4) is 0 Å². The molecule has 0 spiro atoms. The Balaban J connectivity index is 2.72. The number of halogens is 1. The molecule has 0 saturated heterocycles. The third-order valence-electron chi connectivity index (χ3n) is 2.73. The maximum Gasteiger partial charge on any atom is 0.358 e. The van der Waals surface area contributed by atoms with Crippen LogP contribution in [-0.4, -0.2) is 36.7 Å². The Labute approximate surface area is 127 Å². The topological polar surface area (TPSA) is 98.9 Å². The Morgan fingerprint density at radius 3 is 2.48 bits per heavy atom. The van der Waals surface area contributed by atoms with E-state index in [4.69, 9.17) is 19.1 Å². The van der Waals surface area contributed by atoms with E-state index in [2.05, 4.69) is 21.1 Å². The highest BCUT2D eigenvalue weighted by molar-refractivity contribution is 9.10. The van der Waals surface area contributed by atoms with Crippen molar-refractivity contribution in [1.29, 1.82) is 0 Å². The van der Waals surface area contributed by atoms with E-state index in [0.717, 1.165) is 0 Å². The molecule has 21 heavy (non-hydrogen) atoms. The van der Waals surface area contributed by atoms with Crippen molar-refractivity contribution in [2.45, 2.75) is 0 Å². The van der Waals surface area contributed by atoms with Crippen molar-refractivity contribution in [3.63, 3.8) is 0 Å². The van der Waals surface area contributed by atoms with Crippen LogP contribution in [0, 0.1) is 0 Å². The second kappa shape index (κ2) is 5.96. The Morgan fingerprint density at radius 1 is 1.33 bits per heavy atom. The van der Waals surface area contributed by atoms with Gasteiger partial charge < -0.3 is 19.1 Å². The van der Waals surface area contributed by atoms with Crippen LogP contribution in [-0.2, 0) is 0 Å². The fraction of sp³-hybridized carbons (Fsp3) is 0.154. The monoisotopic (exact) mass is 355 g/mol. The predicted molar refractivity (Wildman–Crippen MR) is 75.1 cm³/mol. The van der Waals surface area contributed by atoms with Gasteiger partial charge in [-0.1, -0.05) is 5.16 Å². The summed E-state index contributed by atoms with van der Waals surface area (Å²) in [5.74, 6) is -0.579. The Kier molecular flexibility index (Phi) is 4.27. The molecule has 2 aromatic rings. The summed E-state index contributed by atoms with van der Waals surface area (Å²) in [5.41, 5.74) is 0.445. The van der Waals surface area contributed by atoms with Gasteiger partial charge in [0.15, 0.2) is 29.2 Å². The molecule has 0 bridgehead atoms. The Morgan fingerprint density at radius 2 is 2.00 bits per heavy atom. The van der Waals surface area contributed by atoms with Crippen LogP contribution in [0.2, 0.25) is 0 Å². The van der Waals surface area contributed by atoms with Gasteiger partial charge in [0, 0.05) is 10.5 Å². The first-order valence-corrected chi connectivity index (χ1v) is 6.42. The van der Waals surface area contributed by atoms with Gasteiger partial charge >= 0.3 is 5.97 Å². The molecule has 0 atom stereocenters. The standard InChI is InChI=1S/C13H10BrNO6/c1-19-11-6(5-16)3-7(14)10(12(11)20-2)9-4-8(13(17)18)15-21-9/h3-5H,1-2H3,(H,17,18). The van der Waals surface area contributed by atoms with Crippen molar-refractivity contribution in [1.82, 2.24) is 5.16 Å². The lowest BCUT2D eigenvalue weighted by molar-refractivity contribution is 0.0685. The van der Waals surface area contributed by atoms with Crippen LogP contribution < -0.4 is 9.47 Å². The van der Waals surface area contributed by atoms with Gasteiger partial charge in [-0.25, -0.2) is 4.79 Å². The van der Waals surface area contributed by atoms with E-state index in [9.17, 15) is 9.59 Å². The number of ether oxygens (including phenoxy) is 2. The van der Waals surface area contributed by atoms with E-state index in [-0.39, 0.29) is 28.5 Å². The normalized spacial score (nSPS) is 10.2. The van der Waals surface area contributed by atoms with E-state index in [1.807, 2.05) is 0 Å². The second-order valence-electron chi connectivity index (χ2n) is 3.89. The Bertz CT molecular complexity index is 709. The van der Waals surface area contributed by atoms with Crippen LogP contribution in [0.5, 0.6) is 11.5 Å². The number of carboxylic acid groups (broad SMARTS) is 1. The molecule has 0 radical (unpaired) electrons. The zero-order valence-electron chi connectivity index (χ0n) is 11.0. The summed E-state index contributed by atoms with van der Waals surface area (Å²) in [4.78, 5) is 21.9. The van der Waals surface area contributed by atoms with Gasteiger partial charge in [-0.3, -0.25) is 4.79 Å². The van der Waals surface area contributed by atoms with E-state index >= 15 is 0 Å². The smallest absolute Gasteiger partial charge is 0.358 e. The van der Waals surface area contributed by atoms with Crippen LogP contribution in [0.4, 0.5) is 0 Å². The van der Waals surface area contributed by atoms with Crippen LogP contribution in [0.15, 0.2) is 21.1 Å². The number of aromatic nitrogens is 1. The van der Waals surface area contributed by atoms with Gasteiger partial charge in [0.25, 0.3) is 0 Å². The van der Waals surface area contributed by atoms with Gasteiger partial charge in [0.2, 0.25) is 0 Å². The second-order valence-corrected chi connectivity index (χ2v) is 4.74. The zero-order chi connectivity index (χ0) is 15.6. The molecule has 2 rings (SSSR count). The number of carbonyl (C=O) groups is 2.